The predicted octanol–water partition coefficient (Wildman–Crippen LogP) is 6.39. The number of carbonyl (C=O) groups is 1. The molecule has 1 aliphatic heterocycles. The lowest BCUT2D eigenvalue weighted by atomic mass is 9.87. The summed E-state index contributed by atoms with van der Waals surface area (Å²) in [7, 11) is 0. The fraction of sp³-hybridized carbons (Fsp3) is 0.250. The van der Waals surface area contributed by atoms with Crippen molar-refractivity contribution in [3.8, 4) is 17.1 Å². The number of imidazole rings is 1. The molecule has 0 unspecified atom stereocenters. The van der Waals surface area contributed by atoms with E-state index < -0.39 is 58.7 Å². The molecule has 0 bridgehead atoms. The van der Waals surface area contributed by atoms with Gasteiger partial charge in [0, 0.05) is 33.8 Å². The first-order chi connectivity index (χ1) is 21.8. The summed E-state index contributed by atoms with van der Waals surface area (Å²) in [6, 6.07) is 8.76. The van der Waals surface area contributed by atoms with Crippen LogP contribution < -0.4 is 10.3 Å². The van der Waals surface area contributed by atoms with Crippen molar-refractivity contribution in [3.05, 3.63) is 110 Å². The van der Waals surface area contributed by atoms with Gasteiger partial charge in [-0.3, -0.25) is 4.79 Å². The van der Waals surface area contributed by atoms with Crippen molar-refractivity contribution in [2.24, 2.45) is 5.41 Å². The molecular weight excluding hydrogens is 632 g/mol. The van der Waals surface area contributed by atoms with Crippen molar-refractivity contribution in [2.75, 3.05) is 13.2 Å². The van der Waals surface area contributed by atoms with Crippen LogP contribution in [0.4, 0.5) is 17.6 Å². The van der Waals surface area contributed by atoms with Crippen LogP contribution in [-0.2, 0) is 17.9 Å². The van der Waals surface area contributed by atoms with E-state index in [2.05, 4.69) is 9.97 Å². The van der Waals surface area contributed by atoms with Crippen molar-refractivity contribution in [3.63, 3.8) is 0 Å². The molecule has 1 N–H and O–H groups in total. The Bertz CT molecular complexity index is 2080. The number of carboxylic acids is 1. The van der Waals surface area contributed by atoms with Crippen LogP contribution in [0.3, 0.4) is 0 Å². The smallest absolute Gasteiger partial charge is 0.335 e. The maximum atomic E-state index is 15.6. The molecule has 46 heavy (non-hydrogen) atoms. The molecule has 1 fully saturated rings. The summed E-state index contributed by atoms with van der Waals surface area (Å²) in [5.74, 6) is -4.98. The van der Waals surface area contributed by atoms with Crippen molar-refractivity contribution in [2.45, 2.75) is 33.0 Å². The molecule has 0 spiro atoms. The summed E-state index contributed by atoms with van der Waals surface area (Å²) < 4.78 is 73.0. The van der Waals surface area contributed by atoms with Gasteiger partial charge in [0.2, 0.25) is 0 Å². The van der Waals surface area contributed by atoms with Gasteiger partial charge < -0.3 is 23.7 Å². The molecule has 2 aromatic carbocycles. The molecule has 1 aliphatic rings. The third-order valence-electron chi connectivity index (χ3n) is 7.89. The topological polar surface area (TPSA) is 108 Å². The number of fused-ring (bicyclic) bond motifs is 1. The minimum absolute atomic E-state index is 0.0856. The SMILES string of the molecule is CC1(C)COC[C@H]1n1c(Cn2cc(F)c(-c3ccc(F)c(OCc4ccc(Cl)cc4F)n3)cc2=O)nc2c(F)cc(C(=O)O)cc21. The third-order valence-corrected chi connectivity index (χ3v) is 8.13. The summed E-state index contributed by atoms with van der Waals surface area (Å²) >= 11 is 5.76. The molecule has 0 aliphatic carbocycles. The summed E-state index contributed by atoms with van der Waals surface area (Å²) in [6.45, 7) is 3.76. The number of rotatable bonds is 8. The van der Waals surface area contributed by atoms with E-state index in [1.165, 1.54) is 18.2 Å². The van der Waals surface area contributed by atoms with Crippen LogP contribution in [0.15, 0.2) is 59.5 Å². The standard InChI is InChI=1S/C32H25ClF4N4O5/c1-32(2)15-45-14-26(32)41-25-8-17(31(43)44)7-22(36)29(25)39-27(41)12-40-11-23(37)19(10-28(40)42)24-6-5-20(34)30(38-24)46-13-16-3-4-18(33)9-21(16)35/h3-11,26H,12-15H2,1-2H3,(H,43,44)/t26-/m1/s1. The highest BCUT2D eigenvalue weighted by molar-refractivity contribution is 6.30. The molecule has 0 radical (unpaired) electrons. The second-order valence-electron chi connectivity index (χ2n) is 11.6. The van der Waals surface area contributed by atoms with Gasteiger partial charge in [0.25, 0.3) is 11.4 Å². The predicted molar refractivity (Wildman–Crippen MR) is 159 cm³/mol. The van der Waals surface area contributed by atoms with Gasteiger partial charge in [0.15, 0.2) is 11.6 Å². The second-order valence-corrected chi connectivity index (χ2v) is 12.0. The maximum absolute atomic E-state index is 15.6. The Hall–Kier alpha value is -4.75. The highest BCUT2D eigenvalue weighted by Crippen LogP contribution is 2.40. The van der Waals surface area contributed by atoms with Gasteiger partial charge in [0.05, 0.1) is 42.6 Å². The van der Waals surface area contributed by atoms with Crippen LogP contribution in [0.5, 0.6) is 5.88 Å². The van der Waals surface area contributed by atoms with E-state index in [1.54, 1.807) is 4.57 Å². The summed E-state index contributed by atoms with van der Waals surface area (Å²) in [5, 5.41) is 9.70. The Labute approximate surface area is 263 Å². The van der Waals surface area contributed by atoms with Gasteiger partial charge in [0.1, 0.15) is 29.6 Å². The van der Waals surface area contributed by atoms with Crippen LogP contribution in [0, 0.1) is 28.7 Å². The summed E-state index contributed by atoms with van der Waals surface area (Å²) in [4.78, 5) is 33.4. The first-order valence-corrected chi connectivity index (χ1v) is 14.3. The fourth-order valence-corrected chi connectivity index (χ4v) is 5.60. The van der Waals surface area contributed by atoms with Gasteiger partial charge in [-0.25, -0.2) is 32.3 Å². The van der Waals surface area contributed by atoms with E-state index in [1.807, 2.05) is 13.8 Å². The van der Waals surface area contributed by atoms with Gasteiger partial charge in [-0.1, -0.05) is 31.5 Å². The fourth-order valence-electron chi connectivity index (χ4n) is 5.44. The Morgan fingerprint density at radius 3 is 2.52 bits per heavy atom. The molecule has 1 atom stereocenters. The lowest BCUT2D eigenvalue weighted by molar-refractivity contribution is 0.0696. The Balaban J connectivity index is 1.35. The monoisotopic (exact) mass is 656 g/mol. The quantitative estimate of drug-likeness (QED) is 0.193. The van der Waals surface area contributed by atoms with Crippen LogP contribution >= 0.6 is 11.6 Å². The molecular formula is C32H25ClF4N4O5. The molecule has 4 heterocycles. The summed E-state index contributed by atoms with van der Waals surface area (Å²) in [6.07, 6.45) is 0.922. The maximum Gasteiger partial charge on any atom is 0.335 e. The van der Waals surface area contributed by atoms with E-state index in [4.69, 9.17) is 21.1 Å². The zero-order valence-electron chi connectivity index (χ0n) is 24.4. The van der Waals surface area contributed by atoms with Crippen molar-refractivity contribution in [1.29, 1.82) is 0 Å². The molecule has 14 heteroatoms. The van der Waals surface area contributed by atoms with Gasteiger partial charge >= 0.3 is 5.97 Å². The van der Waals surface area contributed by atoms with Crippen LogP contribution in [-0.4, -0.2) is 43.4 Å². The Morgan fingerprint density at radius 1 is 1.04 bits per heavy atom. The largest absolute Gasteiger partial charge is 0.478 e. The molecule has 238 valence electrons. The van der Waals surface area contributed by atoms with E-state index in [0.29, 0.717) is 6.61 Å². The number of hydrogen-bond donors (Lipinski definition) is 1. The number of benzene rings is 2. The number of aromatic carboxylic acids is 1. The molecule has 3 aromatic heterocycles. The Morgan fingerprint density at radius 2 is 1.83 bits per heavy atom. The molecule has 0 saturated carbocycles. The van der Waals surface area contributed by atoms with Crippen molar-refractivity contribution >= 4 is 28.6 Å². The number of nitrogens with zero attached hydrogens (tertiary/aromatic N) is 4. The van der Waals surface area contributed by atoms with E-state index in [9.17, 15) is 23.5 Å². The highest BCUT2D eigenvalue weighted by atomic mass is 35.5. The highest BCUT2D eigenvalue weighted by Gasteiger charge is 2.39. The third kappa shape index (κ3) is 5.83. The average Bonchev–Trinajstić information content (AvgIpc) is 3.53. The molecule has 5 aromatic rings. The molecule has 9 nitrogen and oxygen atoms in total. The van der Waals surface area contributed by atoms with Crippen LogP contribution in [0.25, 0.3) is 22.3 Å². The number of aromatic nitrogens is 4. The van der Waals surface area contributed by atoms with Crippen molar-refractivity contribution in [1.82, 2.24) is 19.1 Å². The van der Waals surface area contributed by atoms with Gasteiger partial charge in [-0.05, 0) is 36.4 Å². The first kappa shape index (κ1) is 31.2. The van der Waals surface area contributed by atoms with Gasteiger partial charge in [-0.15, -0.1) is 0 Å². The Kier molecular flexibility index (Phi) is 8.07. The summed E-state index contributed by atoms with van der Waals surface area (Å²) in [5.41, 5.74) is -1.61. The number of hydrogen-bond acceptors (Lipinski definition) is 6. The van der Waals surface area contributed by atoms with Crippen molar-refractivity contribution < 1.29 is 36.9 Å². The minimum atomic E-state index is -1.33. The number of ether oxygens (including phenoxy) is 2. The first-order valence-electron chi connectivity index (χ1n) is 14.0. The minimum Gasteiger partial charge on any atom is -0.478 e. The molecule has 1 saturated heterocycles. The number of halogens is 5. The number of pyridine rings is 2. The van der Waals surface area contributed by atoms with E-state index in [0.717, 1.165) is 41.1 Å². The molecule has 0 amide bonds. The zero-order valence-corrected chi connectivity index (χ0v) is 25.1. The lowest BCUT2D eigenvalue weighted by Gasteiger charge is -2.28. The van der Waals surface area contributed by atoms with Crippen LogP contribution in [0.2, 0.25) is 5.02 Å². The number of carboxylic acid groups (broad SMARTS) is 1. The molecule has 6 rings (SSSR count). The van der Waals surface area contributed by atoms with Gasteiger partial charge in [-0.2, -0.15) is 0 Å². The zero-order chi connectivity index (χ0) is 32.9. The van der Waals surface area contributed by atoms with E-state index >= 15 is 8.78 Å². The van der Waals surface area contributed by atoms with E-state index in [-0.39, 0.29) is 57.4 Å². The second kappa shape index (κ2) is 11.9. The van der Waals surface area contributed by atoms with Crippen LogP contribution in [0.1, 0.15) is 41.6 Å². The average molecular weight is 657 g/mol. The lowest BCUT2D eigenvalue weighted by Crippen LogP contribution is -2.29. The normalized spacial score (nSPS) is 15.8.